The molecule has 22 heavy (non-hydrogen) atoms. The van der Waals surface area contributed by atoms with Crippen molar-refractivity contribution in [3.63, 3.8) is 0 Å². The Balaban J connectivity index is 1.59. The van der Waals surface area contributed by atoms with Crippen molar-refractivity contribution in [3.8, 4) is 5.75 Å². The molecule has 2 aromatic rings. The Morgan fingerprint density at radius 1 is 1.41 bits per heavy atom. The quantitative estimate of drug-likeness (QED) is 0.905. The molecule has 5 nitrogen and oxygen atoms in total. The fourth-order valence-electron chi connectivity index (χ4n) is 3.70. The van der Waals surface area contributed by atoms with Gasteiger partial charge in [0, 0.05) is 29.1 Å². The van der Waals surface area contributed by atoms with E-state index in [0.29, 0.717) is 17.7 Å². The first-order chi connectivity index (χ1) is 10.7. The zero-order valence-electron chi connectivity index (χ0n) is 12.5. The average Bonchev–Trinajstić information content (AvgIpc) is 3.16. The molecule has 3 atom stereocenters. The first-order valence-electron chi connectivity index (χ1n) is 7.71. The molecule has 0 spiro atoms. The molecule has 1 aromatic heterocycles. The Hall–Kier alpha value is -2.14. The minimum Gasteiger partial charge on any atom is -0.496 e. The van der Waals surface area contributed by atoms with Crippen LogP contribution in [0.2, 0.25) is 0 Å². The van der Waals surface area contributed by atoms with Crippen LogP contribution in [-0.4, -0.2) is 36.6 Å². The number of fused-ring (bicyclic) bond motifs is 3. The van der Waals surface area contributed by atoms with Gasteiger partial charge in [0.15, 0.2) is 0 Å². The smallest absolute Gasteiger partial charge is 0.270 e. The van der Waals surface area contributed by atoms with Crippen LogP contribution in [0.25, 0.3) is 10.8 Å². The normalized spacial score (nSPS) is 26.3. The number of hydrogen-bond acceptors (Lipinski definition) is 4. The number of rotatable bonds is 3. The second-order valence-electron chi connectivity index (χ2n) is 6.18. The SMILES string of the molecule is COc1cccc2cnc(C(=O)NC3CC4CNC3C4)cc12. The van der Waals surface area contributed by atoms with E-state index >= 15 is 0 Å². The van der Waals surface area contributed by atoms with Crippen molar-refractivity contribution in [2.24, 2.45) is 5.92 Å². The molecule has 2 bridgehead atoms. The lowest BCUT2D eigenvalue weighted by Crippen LogP contribution is -2.48. The number of nitrogens with zero attached hydrogens (tertiary/aromatic N) is 1. The summed E-state index contributed by atoms with van der Waals surface area (Å²) < 4.78 is 5.37. The number of amides is 1. The van der Waals surface area contributed by atoms with Gasteiger partial charge in [0.05, 0.1) is 7.11 Å². The molecule has 3 unspecified atom stereocenters. The van der Waals surface area contributed by atoms with Crippen LogP contribution in [-0.2, 0) is 0 Å². The molecule has 114 valence electrons. The third kappa shape index (κ3) is 2.22. The van der Waals surface area contributed by atoms with Crippen molar-refractivity contribution in [2.75, 3.05) is 13.7 Å². The van der Waals surface area contributed by atoms with Crippen LogP contribution >= 0.6 is 0 Å². The molecular formula is C17H19N3O2. The maximum absolute atomic E-state index is 12.5. The molecule has 2 heterocycles. The fourth-order valence-corrected chi connectivity index (χ4v) is 3.70. The average molecular weight is 297 g/mol. The molecular weight excluding hydrogens is 278 g/mol. The van der Waals surface area contributed by atoms with Crippen LogP contribution in [0.15, 0.2) is 30.5 Å². The molecule has 4 rings (SSSR count). The zero-order chi connectivity index (χ0) is 15.1. The highest BCUT2D eigenvalue weighted by atomic mass is 16.5. The Bertz CT molecular complexity index is 731. The number of ether oxygens (including phenoxy) is 1. The summed E-state index contributed by atoms with van der Waals surface area (Å²) in [6.45, 7) is 1.09. The van der Waals surface area contributed by atoms with E-state index in [2.05, 4.69) is 15.6 Å². The molecule has 1 saturated carbocycles. The Morgan fingerprint density at radius 3 is 3.05 bits per heavy atom. The molecule has 1 saturated heterocycles. The lowest BCUT2D eigenvalue weighted by Gasteiger charge is -2.23. The summed E-state index contributed by atoms with van der Waals surface area (Å²) in [5.74, 6) is 1.36. The van der Waals surface area contributed by atoms with Crippen molar-refractivity contribution in [3.05, 3.63) is 36.2 Å². The highest BCUT2D eigenvalue weighted by Crippen LogP contribution is 2.31. The van der Waals surface area contributed by atoms with Gasteiger partial charge in [0.2, 0.25) is 0 Å². The van der Waals surface area contributed by atoms with Crippen LogP contribution in [0.3, 0.4) is 0 Å². The van der Waals surface area contributed by atoms with Gasteiger partial charge in [-0.15, -0.1) is 0 Å². The highest BCUT2D eigenvalue weighted by Gasteiger charge is 2.40. The summed E-state index contributed by atoms with van der Waals surface area (Å²) in [4.78, 5) is 16.8. The summed E-state index contributed by atoms with van der Waals surface area (Å²) in [5, 5.41) is 8.46. The maximum Gasteiger partial charge on any atom is 0.270 e. The van der Waals surface area contributed by atoms with Crippen molar-refractivity contribution in [1.82, 2.24) is 15.6 Å². The van der Waals surface area contributed by atoms with Crippen LogP contribution in [0.4, 0.5) is 0 Å². The zero-order valence-corrected chi connectivity index (χ0v) is 12.5. The lowest BCUT2D eigenvalue weighted by molar-refractivity contribution is 0.0923. The minimum atomic E-state index is -0.104. The van der Waals surface area contributed by atoms with Gasteiger partial charge < -0.3 is 15.4 Å². The number of pyridine rings is 1. The van der Waals surface area contributed by atoms with E-state index in [0.717, 1.165) is 29.5 Å². The maximum atomic E-state index is 12.5. The van der Waals surface area contributed by atoms with Gasteiger partial charge >= 0.3 is 0 Å². The number of carbonyl (C=O) groups excluding carboxylic acids is 1. The number of piperidine rings is 1. The summed E-state index contributed by atoms with van der Waals surface area (Å²) in [5.41, 5.74) is 0.444. The largest absolute Gasteiger partial charge is 0.496 e. The van der Waals surface area contributed by atoms with E-state index < -0.39 is 0 Å². The minimum absolute atomic E-state index is 0.104. The predicted octanol–water partition coefficient (Wildman–Crippen LogP) is 1.72. The summed E-state index contributed by atoms with van der Waals surface area (Å²) >= 11 is 0. The van der Waals surface area contributed by atoms with Crippen LogP contribution < -0.4 is 15.4 Å². The number of carbonyl (C=O) groups is 1. The lowest BCUT2D eigenvalue weighted by atomic mass is 10.1. The third-order valence-electron chi connectivity index (χ3n) is 4.82. The van der Waals surface area contributed by atoms with Gasteiger partial charge in [-0.2, -0.15) is 0 Å². The van der Waals surface area contributed by atoms with E-state index in [9.17, 15) is 4.79 Å². The second kappa shape index (κ2) is 5.25. The molecule has 1 aromatic carbocycles. The number of aromatic nitrogens is 1. The van der Waals surface area contributed by atoms with Crippen molar-refractivity contribution < 1.29 is 9.53 Å². The van der Waals surface area contributed by atoms with E-state index in [-0.39, 0.29) is 11.9 Å². The number of benzene rings is 1. The van der Waals surface area contributed by atoms with Gasteiger partial charge in [0.25, 0.3) is 5.91 Å². The van der Waals surface area contributed by atoms with Gasteiger partial charge in [0.1, 0.15) is 11.4 Å². The van der Waals surface area contributed by atoms with Crippen LogP contribution in [0.1, 0.15) is 23.3 Å². The van der Waals surface area contributed by atoms with Gasteiger partial charge in [-0.25, -0.2) is 0 Å². The second-order valence-corrected chi connectivity index (χ2v) is 6.18. The molecule has 1 aliphatic carbocycles. The monoisotopic (exact) mass is 297 g/mol. The predicted molar refractivity (Wildman–Crippen MR) is 84.1 cm³/mol. The highest BCUT2D eigenvalue weighted by molar-refractivity contribution is 5.98. The Kier molecular flexibility index (Phi) is 3.22. The Morgan fingerprint density at radius 2 is 2.32 bits per heavy atom. The van der Waals surface area contributed by atoms with E-state index in [1.807, 2.05) is 24.3 Å². The standard InChI is InChI=1S/C17H19N3O2/c1-22-16-4-2-3-11-9-19-15(7-12(11)16)17(21)20-14-6-10-5-13(14)18-8-10/h2-4,7,9-10,13-14,18H,5-6,8H2,1H3,(H,20,21). The molecule has 0 radical (unpaired) electrons. The van der Waals surface area contributed by atoms with Gasteiger partial charge in [-0.1, -0.05) is 12.1 Å². The summed E-state index contributed by atoms with van der Waals surface area (Å²) in [6, 6.07) is 8.23. The van der Waals surface area contributed by atoms with E-state index in [4.69, 9.17) is 4.74 Å². The van der Waals surface area contributed by atoms with Crippen molar-refractivity contribution in [1.29, 1.82) is 0 Å². The van der Waals surface area contributed by atoms with E-state index in [1.165, 1.54) is 6.42 Å². The first kappa shape index (κ1) is 13.5. The molecule has 2 fully saturated rings. The van der Waals surface area contributed by atoms with Crippen molar-refractivity contribution in [2.45, 2.75) is 24.9 Å². The molecule has 2 N–H and O–H groups in total. The summed E-state index contributed by atoms with van der Waals surface area (Å²) in [7, 11) is 1.63. The fraction of sp³-hybridized carbons (Fsp3) is 0.412. The van der Waals surface area contributed by atoms with Crippen molar-refractivity contribution >= 4 is 16.7 Å². The van der Waals surface area contributed by atoms with Crippen LogP contribution in [0.5, 0.6) is 5.75 Å². The summed E-state index contributed by atoms with van der Waals surface area (Å²) in [6.07, 6.45) is 3.97. The topological polar surface area (TPSA) is 63.2 Å². The number of hydrogen-bond donors (Lipinski definition) is 2. The van der Waals surface area contributed by atoms with E-state index in [1.54, 1.807) is 13.3 Å². The molecule has 2 aliphatic rings. The van der Waals surface area contributed by atoms with Crippen LogP contribution in [0, 0.1) is 5.92 Å². The molecule has 1 amide bonds. The molecule has 1 aliphatic heterocycles. The van der Waals surface area contributed by atoms with Gasteiger partial charge in [-0.05, 0) is 37.4 Å². The molecule has 5 heteroatoms. The third-order valence-corrected chi connectivity index (χ3v) is 4.82. The Labute approximate surface area is 129 Å². The first-order valence-corrected chi connectivity index (χ1v) is 7.71. The number of nitrogens with one attached hydrogen (secondary N) is 2. The number of methoxy groups -OCH3 is 1. The van der Waals surface area contributed by atoms with Gasteiger partial charge in [-0.3, -0.25) is 9.78 Å².